The van der Waals surface area contributed by atoms with Crippen LogP contribution in [0.3, 0.4) is 0 Å². The molecule has 1 amide bonds. The first-order valence-electron chi connectivity index (χ1n) is 9.39. The monoisotopic (exact) mass is 433 g/mol. The molecule has 0 bridgehead atoms. The maximum absolute atomic E-state index is 12.8. The van der Waals surface area contributed by atoms with E-state index in [1.165, 1.54) is 11.3 Å². The number of benzene rings is 1. The summed E-state index contributed by atoms with van der Waals surface area (Å²) in [5.41, 5.74) is -0.362. The van der Waals surface area contributed by atoms with Crippen molar-refractivity contribution in [3.63, 3.8) is 0 Å². The zero-order chi connectivity index (χ0) is 21.8. The van der Waals surface area contributed by atoms with E-state index in [1.54, 1.807) is 0 Å². The number of nitrogens with one attached hydrogen (secondary N) is 1. The van der Waals surface area contributed by atoms with Crippen LogP contribution in [0, 0.1) is 20.2 Å². The number of non-ortho nitro benzene ring substituents is 1. The van der Waals surface area contributed by atoms with Gasteiger partial charge >= 0.3 is 5.97 Å². The molecule has 0 atom stereocenters. The van der Waals surface area contributed by atoms with Gasteiger partial charge in [0.1, 0.15) is 10.6 Å². The van der Waals surface area contributed by atoms with Gasteiger partial charge in [0, 0.05) is 10.9 Å². The van der Waals surface area contributed by atoms with Gasteiger partial charge in [-0.3, -0.25) is 25.0 Å². The van der Waals surface area contributed by atoms with E-state index in [-0.39, 0.29) is 17.2 Å². The second kappa shape index (κ2) is 8.99. The molecule has 0 saturated carbocycles. The number of hydrogen-bond donors (Lipinski definition) is 1. The molecular formula is C19H19N3O7S. The lowest BCUT2D eigenvalue weighted by Gasteiger charge is -2.12. The standard InChI is InChI=1S/C19H19N3O7S/c1-2-9-29-19(24)16-13-5-3-4-6-15(13)30-18(16)20-17(23)12-8-7-11(21(25)26)10-14(12)22(27)28/h7-8,10H,2-6,9H2,1H3,(H,20,23). The number of amides is 1. The predicted molar refractivity (Wildman–Crippen MR) is 109 cm³/mol. The Morgan fingerprint density at radius 3 is 2.57 bits per heavy atom. The minimum Gasteiger partial charge on any atom is -0.462 e. The molecule has 30 heavy (non-hydrogen) atoms. The van der Waals surface area contributed by atoms with E-state index in [0.29, 0.717) is 18.4 Å². The Balaban J connectivity index is 1.97. The number of esters is 1. The molecule has 10 nitrogen and oxygen atoms in total. The summed E-state index contributed by atoms with van der Waals surface area (Å²) in [5, 5.41) is 25.1. The van der Waals surface area contributed by atoms with Gasteiger partial charge in [-0.2, -0.15) is 0 Å². The lowest BCUT2D eigenvalue weighted by atomic mass is 9.95. The van der Waals surface area contributed by atoms with Gasteiger partial charge in [-0.25, -0.2) is 4.79 Å². The van der Waals surface area contributed by atoms with E-state index < -0.39 is 33.1 Å². The smallest absolute Gasteiger partial charge is 0.341 e. The van der Waals surface area contributed by atoms with E-state index in [1.807, 2.05) is 6.92 Å². The van der Waals surface area contributed by atoms with Crippen molar-refractivity contribution in [3.8, 4) is 0 Å². The number of hydrogen-bond acceptors (Lipinski definition) is 8. The zero-order valence-electron chi connectivity index (χ0n) is 16.1. The molecule has 1 aromatic heterocycles. The Hall–Kier alpha value is -3.34. The summed E-state index contributed by atoms with van der Waals surface area (Å²) in [5.74, 6) is -1.36. The van der Waals surface area contributed by atoms with Crippen LogP contribution in [-0.2, 0) is 17.6 Å². The van der Waals surface area contributed by atoms with E-state index in [0.717, 1.165) is 47.9 Å². The van der Waals surface area contributed by atoms with Crippen LogP contribution >= 0.6 is 11.3 Å². The maximum Gasteiger partial charge on any atom is 0.341 e. The first-order valence-corrected chi connectivity index (χ1v) is 10.2. The number of nitro groups is 2. The molecule has 1 aliphatic rings. The van der Waals surface area contributed by atoms with E-state index in [2.05, 4.69) is 5.32 Å². The Labute approximate surface area is 175 Å². The van der Waals surface area contributed by atoms with E-state index >= 15 is 0 Å². The number of nitrogens with zero attached hydrogens (tertiary/aromatic N) is 2. The summed E-state index contributed by atoms with van der Waals surface area (Å²) in [7, 11) is 0. The van der Waals surface area contributed by atoms with Crippen molar-refractivity contribution >= 4 is 39.6 Å². The van der Waals surface area contributed by atoms with Crippen molar-refractivity contribution in [1.82, 2.24) is 0 Å². The number of thiophene rings is 1. The average molecular weight is 433 g/mol. The number of nitro benzene ring substituents is 2. The van der Waals surface area contributed by atoms with Crippen LogP contribution in [0.2, 0.25) is 0 Å². The second-order valence-corrected chi connectivity index (χ2v) is 7.83. The highest BCUT2D eigenvalue weighted by molar-refractivity contribution is 7.17. The summed E-state index contributed by atoms with van der Waals surface area (Å²) in [6.07, 6.45) is 4.00. The molecule has 0 radical (unpaired) electrons. The quantitative estimate of drug-likeness (QED) is 0.390. The fourth-order valence-electron chi connectivity index (χ4n) is 3.28. The van der Waals surface area contributed by atoms with E-state index in [9.17, 15) is 29.8 Å². The number of carbonyl (C=O) groups is 2. The zero-order valence-corrected chi connectivity index (χ0v) is 17.0. The number of ether oxygens (including phenoxy) is 1. The Morgan fingerprint density at radius 2 is 1.90 bits per heavy atom. The third-order valence-corrected chi connectivity index (χ3v) is 5.88. The van der Waals surface area contributed by atoms with Gasteiger partial charge in [0.15, 0.2) is 0 Å². The minimum absolute atomic E-state index is 0.241. The molecule has 0 aliphatic heterocycles. The number of carbonyl (C=O) groups excluding carboxylic acids is 2. The molecular weight excluding hydrogens is 414 g/mol. The van der Waals surface area contributed by atoms with Crippen LogP contribution < -0.4 is 5.32 Å². The predicted octanol–water partition coefficient (Wildman–Crippen LogP) is 4.26. The molecule has 2 aromatic rings. The SMILES string of the molecule is CCCOC(=O)c1c(NC(=O)c2ccc([N+](=O)[O-])cc2[N+](=O)[O-])sc2c1CCCC2. The molecule has 1 aliphatic carbocycles. The molecule has 0 unspecified atom stereocenters. The maximum atomic E-state index is 12.8. The van der Waals surface area contributed by atoms with Gasteiger partial charge in [0.05, 0.1) is 28.1 Å². The number of fused-ring (bicyclic) bond motifs is 1. The molecule has 158 valence electrons. The van der Waals surface area contributed by atoms with Gasteiger partial charge < -0.3 is 10.1 Å². The third-order valence-electron chi connectivity index (χ3n) is 4.67. The Morgan fingerprint density at radius 1 is 1.17 bits per heavy atom. The molecule has 0 fully saturated rings. The molecule has 1 heterocycles. The number of aryl methyl sites for hydroxylation is 1. The highest BCUT2D eigenvalue weighted by atomic mass is 32.1. The van der Waals surface area contributed by atoms with Crippen LogP contribution in [0.1, 0.15) is 57.3 Å². The lowest BCUT2D eigenvalue weighted by molar-refractivity contribution is -0.394. The van der Waals surface area contributed by atoms with Gasteiger partial charge in [0.25, 0.3) is 17.3 Å². The van der Waals surface area contributed by atoms with Crippen LogP contribution in [0.15, 0.2) is 18.2 Å². The Kier molecular flexibility index (Phi) is 6.40. The van der Waals surface area contributed by atoms with Gasteiger partial charge in [-0.1, -0.05) is 6.92 Å². The molecule has 11 heteroatoms. The van der Waals surface area contributed by atoms with Gasteiger partial charge in [-0.05, 0) is 43.7 Å². The average Bonchev–Trinajstić information content (AvgIpc) is 3.09. The second-order valence-electron chi connectivity index (χ2n) is 6.72. The largest absolute Gasteiger partial charge is 0.462 e. The molecule has 1 N–H and O–H groups in total. The molecule has 1 aromatic carbocycles. The van der Waals surface area contributed by atoms with Crippen molar-refractivity contribution < 1.29 is 24.2 Å². The van der Waals surface area contributed by atoms with Gasteiger partial charge in [0.2, 0.25) is 0 Å². The first-order chi connectivity index (χ1) is 14.3. The van der Waals surface area contributed by atoms with Crippen LogP contribution in [0.25, 0.3) is 0 Å². The normalized spacial score (nSPS) is 12.7. The van der Waals surface area contributed by atoms with Crippen molar-refractivity contribution in [2.24, 2.45) is 0 Å². The first kappa shape index (κ1) is 21.4. The fourth-order valence-corrected chi connectivity index (χ4v) is 4.56. The van der Waals surface area contributed by atoms with Crippen molar-refractivity contribution in [1.29, 1.82) is 0 Å². The van der Waals surface area contributed by atoms with Gasteiger partial charge in [-0.15, -0.1) is 11.3 Å². The summed E-state index contributed by atoms with van der Waals surface area (Å²) >= 11 is 1.26. The van der Waals surface area contributed by atoms with Crippen molar-refractivity contribution in [2.75, 3.05) is 11.9 Å². The van der Waals surface area contributed by atoms with E-state index in [4.69, 9.17) is 4.74 Å². The summed E-state index contributed by atoms with van der Waals surface area (Å²) in [4.78, 5) is 47.0. The minimum atomic E-state index is -0.849. The fraction of sp³-hybridized carbons (Fsp3) is 0.368. The molecule has 3 rings (SSSR count). The van der Waals surface area contributed by atoms with Crippen molar-refractivity contribution in [2.45, 2.75) is 39.0 Å². The summed E-state index contributed by atoms with van der Waals surface area (Å²) < 4.78 is 5.27. The summed E-state index contributed by atoms with van der Waals surface area (Å²) in [6, 6.07) is 2.80. The highest BCUT2D eigenvalue weighted by Gasteiger charge is 2.30. The molecule has 0 spiro atoms. The third kappa shape index (κ3) is 4.30. The van der Waals surface area contributed by atoms with Crippen LogP contribution in [-0.4, -0.2) is 28.3 Å². The number of anilines is 1. The number of rotatable bonds is 7. The summed E-state index contributed by atoms with van der Waals surface area (Å²) in [6.45, 7) is 2.11. The van der Waals surface area contributed by atoms with Crippen LogP contribution in [0.5, 0.6) is 0 Å². The lowest BCUT2D eigenvalue weighted by Crippen LogP contribution is -2.17. The van der Waals surface area contributed by atoms with Crippen LogP contribution in [0.4, 0.5) is 16.4 Å². The van der Waals surface area contributed by atoms with Crippen molar-refractivity contribution in [3.05, 3.63) is 60.0 Å². The highest BCUT2D eigenvalue weighted by Crippen LogP contribution is 2.39. The molecule has 0 saturated heterocycles. The Bertz CT molecular complexity index is 1030. The topological polar surface area (TPSA) is 142 Å².